The summed E-state index contributed by atoms with van der Waals surface area (Å²) >= 11 is 0. The van der Waals surface area contributed by atoms with Gasteiger partial charge in [0.25, 0.3) is 0 Å². The molecule has 0 saturated carbocycles. The highest BCUT2D eigenvalue weighted by molar-refractivity contribution is 6.76. The number of hydrogen-bond donors (Lipinski definition) is 0. The molecule has 1 saturated heterocycles. The molecule has 0 aliphatic carbocycles. The van der Waals surface area contributed by atoms with Gasteiger partial charge in [-0.25, -0.2) is 0 Å². The van der Waals surface area contributed by atoms with E-state index in [0.29, 0.717) is 0 Å². The summed E-state index contributed by atoms with van der Waals surface area (Å²) in [4.78, 5) is 0. The van der Waals surface area contributed by atoms with E-state index in [9.17, 15) is 0 Å². The predicted molar refractivity (Wildman–Crippen MR) is 83.9 cm³/mol. The Bertz CT molecular complexity index is 279. The molecule has 1 fully saturated rings. The van der Waals surface area contributed by atoms with E-state index in [1.165, 1.54) is 25.7 Å². The fourth-order valence-corrected chi connectivity index (χ4v) is 2.62. The van der Waals surface area contributed by atoms with E-state index < -0.39 is 8.07 Å². The van der Waals surface area contributed by atoms with Gasteiger partial charge in [0, 0.05) is 25.7 Å². The van der Waals surface area contributed by atoms with Crippen LogP contribution in [0.1, 0.15) is 44.9 Å². The average molecular weight is 282 g/mol. The summed E-state index contributed by atoms with van der Waals surface area (Å²) in [7, 11) is -0.965. The smallest absolute Gasteiger partial charge is 0.157 e. The third-order valence-electron chi connectivity index (χ3n) is 3.13. The van der Waals surface area contributed by atoms with Crippen LogP contribution in [-0.4, -0.2) is 27.6 Å². The molecule has 1 atom stereocenters. The van der Waals surface area contributed by atoms with Crippen LogP contribution in [0.3, 0.4) is 0 Å². The van der Waals surface area contributed by atoms with Crippen LogP contribution in [0, 0.1) is 11.8 Å². The molecule has 0 N–H and O–H groups in total. The second kappa shape index (κ2) is 9.58. The Morgan fingerprint density at radius 2 is 1.95 bits per heavy atom. The summed E-state index contributed by atoms with van der Waals surface area (Å²) in [5.41, 5.74) is 0. The standard InChI is InChI=1S/C16H30O2Si/c1-19(2,3)15-11-7-5-4-6-9-13-17-16-12-8-10-14-18-16/h16H,4-6,8-10,12-15H2,1-3H3. The van der Waals surface area contributed by atoms with Crippen molar-refractivity contribution in [2.24, 2.45) is 0 Å². The van der Waals surface area contributed by atoms with Crippen LogP contribution in [0.15, 0.2) is 0 Å². The van der Waals surface area contributed by atoms with Crippen molar-refractivity contribution in [2.45, 2.75) is 76.9 Å². The molecule has 1 heterocycles. The van der Waals surface area contributed by atoms with Crippen LogP contribution in [0.25, 0.3) is 0 Å². The maximum Gasteiger partial charge on any atom is 0.157 e. The molecule has 0 aromatic rings. The lowest BCUT2D eigenvalue weighted by Crippen LogP contribution is -2.22. The summed E-state index contributed by atoms with van der Waals surface area (Å²) in [6.07, 6.45) is 8.18. The normalized spacial score (nSPS) is 19.8. The second-order valence-electron chi connectivity index (χ2n) is 6.57. The quantitative estimate of drug-likeness (QED) is 0.391. The number of hydrogen-bond acceptors (Lipinski definition) is 2. The van der Waals surface area contributed by atoms with Crippen LogP contribution in [0.5, 0.6) is 0 Å². The fraction of sp³-hybridized carbons (Fsp3) is 0.875. The Hall–Kier alpha value is -0.303. The molecule has 1 rings (SSSR count). The van der Waals surface area contributed by atoms with Gasteiger partial charge in [0.15, 0.2) is 6.29 Å². The summed E-state index contributed by atoms with van der Waals surface area (Å²) in [6, 6.07) is 1.13. The van der Waals surface area contributed by atoms with Crippen LogP contribution >= 0.6 is 0 Å². The molecular weight excluding hydrogens is 252 g/mol. The topological polar surface area (TPSA) is 18.5 Å². The second-order valence-corrected chi connectivity index (χ2v) is 12.0. The van der Waals surface area contributed by atoms with E-state index in [2.05, 4.69) is 31.5 Å². The molecule has 0 bridgehead atoms. The van der Waals surface area contributed by atoms with E-state index >= 15 is 0 Å². The fourth-order valence-electron chi connectivity index (χ4n) is 1.97. The SMILES string of the molecule is C[Si](C)(C)CC#CCCCCCOC1CCCCO1. The zero-order valence-electron chi connectivity index (χ0n) is 13.0. The monoisotopic (exact) mass is 282 g/mol. The highest BCUT2D eigenvalue weighted by Gasteiger charge is 2.13. The molecule has 0 aromatic carbocycles. The van der Waals surface area contributed by atoms with Crippen LogP contribution in [0.2, 0.25) is 25.7 Å². The average Bonchev–Trinajstić information content (AvgIpc) is 2.37. The summed E-state index contributed by atoms with van der Waals surface area (Å²) in [6.45, 7) is 8.81. The van der Waals surface area contributed by atoms with Crippen molar-refractivity contribution in [3.63, 3.8) is 0 Å². The molecule has 3 heteroatoms. The largest absolute Gasteiger partial charge is 0.353 e. The molecule has 0 aromatic heterocycles. The van der Waals surface area contributed by atoms with E-state index in [-0.39, 0.29) is 6.29 Å². The first-order valence-corrected chi connectivity index (χ1v) is 11.5. The molecule has 110 valence electrons. The first-order chi connectivity index (χ1) is 9.08. The Morgan fingerprint density at radius 1 is 1.11 bits per heavy atom. The minimum absolute atomic E-state index is 0.0743. The van der Waals surface area contributed by atoms with Crippen molar-refractivity contribution in [2.75, 3.05) is 13.2 Å². The van der Waals surface area contributed by atoms with Crippen molar-refractivity contribution in [1.29, 1.82) is 0 Å². The third-order valence-corrected chi connectivity index (χ3v) is 4.37. The highest BCUT2D eigenvalue weighted by atomic mass is 28.3. The van der Waals surface area contributed by atoms with E-state index in [1.807, 2.05) is 0 Å². The van der Waals surface area contributed by atoms with Gasteiger partial charge >= 0.3 is 0 Å². The third kappa shape index (κ3) is 10.2. The van der Waals surface area contributed by atoms with Gasteiger partial charge in [-0.15, -0.1) is 11.8 Å². The van der Waals surface area contributed by atoms with E-state index in [1.54, 1.807) is 0 Å². The Labute approximate surface area is 120 Å². The number of rotatable bonds is 7. The van der Waals surface area contributed by atoms with Crippen molar-refractivity contribution in [3.05, 3.63) is 0 Å². The van der Waals surface area contributed by atoms with Gasteiger partial charge in [-0.1, -0.05) is 26.1 Å². The van der Waals surface area contributed by atoms with E-state index in [4.69, 9.17) is 9.47 Å². The van der Waals surface area contributed by atoms with Crippen LogP contribution < -0.4 is 0 Å². The van der Waals surface area contributed by atoms with Crippen molar-refractivity contribution in [1.82, 2.24) is 0 Å². The molecule has 1 aliphatic heterocycles. The summed E-state index contributed by atoms with van der Waals surface area (Å²) < 4.78 is 11.2. The Morgan fingerprint density at radius 3 is 2.63 bits per heavy atom. The van der Waals surface area contributed by atoms with Crippen molar-refractivity contribution in [3.8, 4) is 11.8 Å². The summed E-state index contributed by atoms with van der Waals surface area (Å²) in [5, 5.41) is 0. The molecule has 2 nitrogen and oxygen atoms in total. The minimum atomic E-state index is -0.965. The molecule has 1 unspecified atom stereocenters. The zero-order chi connectivity index (χ0) is 14.0. The molecule has 0 radical (unpaired) electrons. The molecular formula is C16H30O2Si. The lowest BCUT2D eigenvalue weighted by molar-refractivity contribution is -0.162. The Kier molecular flexibility index (Phi) is 8.44. The molecule has 0 amide bonds. The van der Waals surface area contributed by atoms with Crippen LogP contribution in [0.4, 0.5) is 0 Å². The van der Waals surface area contributed by atoms with Gasteiger partial charge < -0.3 is 9.47 Å². The highest BCUT2D eigenvalue weighted by Crippen LogP contribution is 2.14. The van der Waals surface area contributed by atoms with Gasteiger partial charge in [0.05, 0.1) is 8.07 Å². The molecule has 1 aliphatic rings. The number of ether oxygens (including phenoxy) is 2. The van der Waals surface area contributed by atoms with Crippen molar-refractivity contribution >= 4 is 8.07 Å². The van der Waals surface area contributed by atoms with Gasteiger partial charge in [-0.05, 0) is 32.1 Å². The first kappa shape index (κ1) is 16.8. The Balaban J connectivity index is 1.88. The van der Waals surface area contributed by atoms with Gasteiger partial charge in [-0.2, -0.15) is 0 Å². The first-order valence-electron chi connectivity index (χ1n) is 7.77. The lowest BCUT2D eigenvalue weighted by atomic mass is 10.2. The predicted octanol–water partition coefficient (Wildman–Crippen LogP) is 4.43. The van der Waals surface area contributed by atoms with Crippen LogP contribution in [-0.2, 0) is 9.47 Å². The van der Waals surface area contributed by atoms with Gasteiger partial charge in [0.2, 0.25) is 0 Å². The molecule has 0 spiro atoms. The van der Waals surface area contributed by atoms with E-state index in [0.717, 1.165) is 38.5 Å². The lowest BCUT2D eigenvalue weighted by Gasteiger charge is -2.22. The maximum atomic E-state index is 5.70. The maximum absolute atomic E-state index is 5.70. The summed E-state index contributed by atoms with van der Waals surface area (Å²) in [5.74, 6) is 6.63. The zero-order valence-corrected chi connectivity index (χ0v) is 14.0. The van der Waals surface area contributed by atoms with Crippen molar-refractivity contribution < 1.29 is 9.47 Å². The minimum Gasteiger partial charge on any atom is -0.353 e. The molecule has 19 heavy (non-hydrogen) atoms. The van der Waals surface area contributed by atoms with Gasteiger partial charge in [-0.3, -0.25) is 0 Å². The number of unbranched alkanes of at least 4 members (excludes halogenated alkanes) is 3. The van der Waals surface area contributed by atoms with Gasteiger partial charge in [0.1, 0.15) is 0 Å².